The van der Waals surface area contributed by atoms with Crippen molar-refractivity contribution in [2.45, 2.75) is 49.5 Å². The second-order valence-electron chi connectivity index (χ2n) is 8.43. The summed E-state index contributed by atoms with van der Waals surface area (Å²) in [6.07, 6.45) is 2.87. The minimum Gasteiger partial charge on any atom is -0.323 e. The highest BCUT2D eigenvalue weighted by Gasteiger charge is 2.53. The molecule has 5 rings (SSSR count). The summed E-state index contributed by atoms with van der Waals surface area (Å²) < 4.78 is 28.5. The van der Waals surface area contributed by atoms with Crippen LogP contribution >= 0.6 is 0 Å². The highest BCUT2D eigenvalue weighted by atomic mass is 32.2. The van der Waals surface area contributed by atoms with Gasteiger partial charge in [0, 0.05) is 19.6 Å². The number of hydrogen-bond donors (Lipinski definition) is 1. The Bertz CT molecular complexity index is 1170. The van der Waals surface area contributed by atoms with Crippen LogP contribution in [0.2, 0.25) is 0 Å². The predicted molar refractivity (Wildman–Crippen MR) is 113 cm³/mol. The molecule has 8 heteroatoms. The average molecular weight is 428 g/mol. The van der Waals surface area contributed by atoms with Crippen LogP contribution in [0.4, 0.5) is 4.79 Å². The molecular weight excluding hydrogens is 402 g/mol. The Hall–Kier alpha value is -2.45. The lowest BCUT2D eigenvalue weighted by Crippen LogP contribution is -2.55. The summed E-state index contributed by atoms with van der Waals surface area (Å²) >= 11 is 0. The Morgan fingerprint density at radius 3 is 2.57 bits per heavy atom. The number of imide groups is 1. The number of piperidine rings is 1. The summed E-state index contributed by atoms with van der Waals surface area (Å²) in [5.74, 6) is -0.222. The van der Waals surface area contributed by atoms with Gasteiger partial charge >= 0.3 is 6.03 Å². The zero-order chi connectivity index (χ0) is 21.1. The molecule has 2 saturated heterocycles. The fourth-order valence-corrected chi connectivity index (χ4v) is 6.86. The molecule has 3 aliphatic rings. The second kappa shape index (κ2) is 6.78. The number of rotatable bonds is 4. The van der Waals surface area contributed by atoms with Crippen molar-refractivity contribution in [3.8, 4) is 0 Å². The highest BCUT2D eigenvalue weighted by Crippen LogP contribution is 2.38. The van der Waals surface area contributed by atoms with Gasteiger partial charge in [0.25, 0.3) is 5.91 Å². The van der Waals surface area contributed by atoms with Crippen LogP contribution in [-0.4, -0.2) is 54.7 Å². The molecule has 0 saturated carbocycles. The van der Waals surface area contributed by atoms with Crippen molar-refractivity contribution in [2.24, 2.45) is 0 Å². The fraction of sp³-hybridized carbons (Fsp3) is 0.455. The van der Waals surface area contributed by atoms with E-state index in [0.717, 1.165) is 29.2 Å². The number of amides is 3. The Kier molecular flexibility index (Phi) is 4.41. The van der Waals surface area contributed by atoms with Crippen molar-refractivity contribution < 1.29 is 18.0 Å². The van der Waals surface area contributed by atoms with Gasteiger partial charge < -0.3 is 5.32 Å². The van der Waals surface area contributed by atoms with E-state index < -0.39 is 15.6 Å². The van der Waals surface area contributed by atoms with Gasteiger partial charge in [-0.1, -0.05) is 31.2 Å². The Balaban J connectivity index is 1.42. The monoisotopic (exact) mass is 427 g/mol. The lowest BCUT2D eigenvalue weighted by Gasteiger charge is -2.36. The van der Waals surface area contributed by atoms with Crippen LogP contribution in [0.25, 0.3) is 10.8 Å². The van der Waals surface area contributed by atoms with Gasteiger partial charge in [0.2, 0.25) is 10.0 Å². The summed E-state index contributed by atoms with van der Waals surface area (Å²) in [5.41, 5.74) is 1.14. The molecule has 7 nitrogen and oxygen atoms in total. The van der Waals surface area contributed by atoms with Gasteiger partial charge in [0.1, 0.15) is 5.54 Å². The number of urea groups is 1. The number of aryl methyl sites for hydroxylation is 2. The fourth-order valence-electron chi connectivity index (χ4n) is 5.16. The lowest BCUT2D eigenvalue weighted by molar-refractivity contribution is -0.132. The number of carbonyl (C=O) groups excluding carboxylic acids is 2. The first kappa shape index (κ1) is 19.5. The first-order valence-electron chi connectivity index (χ1n) is 10.6. The van der Waals surface area contributed by atoms with Crippen LogP contribution in [-0.2, 0) is 27.7 Å². The first-order valence-corrected chi connectivity index (χ1v) is 12.0. The third-order valence-electron chi connectivity index (χ3n) is 6.73. The number of carbonyl (C=O) groups is 2. The number of benzene rings is 2. The molecule has 2 fully saturated rings. The van der Waals surface area contributed by atoms with Crippen molar-refractivity contribution in [1.29, 1.82) is 0 Å². The molecule has 0 bridgehead atoms. The highest BCUT2D eigenvalue weighted by molar-refractivity contribution is 7.89. The number of sulfonamides is 1. The molecule has 2 heterocycles. The second-order valence-corrected chi connectivity index (χ2v) is 10.3. The Morgan fingerprint density at radius 2 is 1.83 bits per heavy atom. The molecule has 2 aromatic rings. The first-order chi connectivity index (χ1) is 14.4. The molecule has 0 atom stereocenters. The molecule has 0 radical (unpaired) electrons. The minimum atomic E-state index is -3.67. The van der Waals surface area contributed by atoms with Crippen molar-refractivity contribution in [3.05, 3.63) is 41.5 Å². The summed E-state index contributed by atoms with van der Waals surface area (Å²) in [5, 5.41) is 4.98. The maximum Gasteiger partial charge on any atom is 0.325 e. The van der Waals surface area contributed by atoms with Crippen LogP contribution in [0.5, 0.6) is 0 Å². The van der Waals surface area contributed by atoms with Gasteiger partial charge in [0.05, 0.1) is 4.90 Å². The van der Waals surface area contributed by atoms with E-state index in [9.17, 15) is 18.0 Å². The van der Waals surface area contributed by atoms with E-state index in [1.807, 2.05) is 25.1 Å². The summed E-state index contributed by atoms with van der Waals surface area (Å²) in [6, 6.07) is 9.34. The van der Waals surface area contributed by atoms with Crippen molar-refractivity contribution in [2.75, 3.05) is 19.6 Å². The van der Waals surface area contributed by atoms with Crippen molar-refractivity contribution in [3.63, 3.8) is 0 Å². The molecule has 1 aliphatic carbocycles. The normalized spacial score (nSPS) is 21.0. The van der Waals surface area contributed by atoms with Gasteiger partial charge in [-0.15, -0.1) is 0 Å². The number of hydrogen-bond acceptors (Lipinski definition) is 4. The van der Waals surface area contributed by atoms with Crippen molar-refractivity contribution in [1.82, 2.24) is 14.5 Å². The molecule has 158 valence electrons. The summed E-state index contributed by atoms with van der Waals surface area (Å²) in [7, 11) is -3.67. The molecule has 30 heavy (non-hydrogen) atoms. The van der Waals surface area contributed by atoms with Gasteiger partial charge in [-0.25, -0.2) is 13.2 Å². The molecule has 2 aliphatic heterocycles. The third kappa shape index (κ3) is 2.70. The third-order valence-corrected chi connectivity index (χ3v) is 8.71. The van der Waals surface area contributed by atoms with E-state index in [1.165, 1.54) is 14.8 Å². The maximum absolute atomic E-state index is 13.5. The van der Waals surface area contributed by atoms with E-state index >= 15 is 0 Å². The molecular formula is C22H25N3O4S. The summed E-state index contributed by atoms with van der Waals surface area (Å²) in [6.45, 7) is 2.73. The van der Waals surface area contributed by atoms with E-state index in [-0.39, 0.29) is 25.0 Å². The zero-order valence-corrected chi connectivity index (χ0v) is 17.8. The number of nitrogens with zero attached hydrogens (tertiary/aromatic N) is 2. The Labute approximate surface area is 176 Å². The predicted octanol–water partition coefficient (Wildman–Crippen LogP) is 2.42. The van der Waals surface area contributed by atoms with Gasteiger partial charge in [0.15, 0.2) is 0 Å². The standard InChI is InChI=1S/C22H25N3O4S/c1-2-12-25-20(26)22(23-21(25)27)10-13-24(14-11-22)30(28,29)18-9-7-16-5-3-4-15-6-8-17(18)19(15)16/h3-5,7,9H,2,6,8,10-14H2,1H3,(H,23,27). The largest absolute Gasteiger partial charge is 0.325 e. The van der Waals surface area contributed by atoms with Gasteiger partial charge in [-0.05, 0) is 60.1 Å². The molecule has 1 spiro atoms. The van der Waals surface area contributed by atoms with Crippen LogP contribution in [0.15, 0.2) is 35.2 Å². The van der Waals surface area contributed by atoms with E-state index in [1.54, 1.807) is 6.07 Å². The number of nitrogens with one attached hydrogen (secondary N) is 1. The van der Waals surface area contributed by atoms with E-state index in [2.05, 4.69) is 11.4 Å². The van der Waals surface area contributed by atoms with Gasteiger partial charge in [-0.3, -0.25) is 9.69 Å². The summed E-state index contributed by atoms with van der Waals surface area (Å²) in [4.78, 5) is 26.7. The van der Waals surface area contributed by atoms with Crippen LogP contribution in [0.3, 0.4) is 0 Å². The van der Waals surface area contributed by atoms with E-state index in [4.69, 9.17) is 0 Å². The average Bonchev–Trinajstić information content (AvgIpc) is 3.26. The molecule has 0 unspecified atom stereocenters. The smallest absolute Gasteiger partial charge is 0.323 e. The lowest BCUT2D eigenvalue weighted by atomic mass is 9.88. The van der Waals surface area contributed by atoms with Crippen LogP contribution in [0.1, 0.15) is 37.3 Å². The topological polar surface area (TPSA) is 86.8 Å². The Morgan fingerprint density at radius 1 is 1.07 bits per heavy atom. The van der Waals surface area contributed by atoms with Gasteiger partial charge in [-0.2, -0.15) is 4.31 Å². The van der Waals surface area contributed by atoms with Crippen LogP contribution < -0.4 is 5.32 Å². The zero-order valence-electron chi connectivity index (χ0n) is 17.0. The molecule has 3 amide bonds. The molecule has 1 N–H and O–H groups in total. The SMILES string of the molecule is CCCN1C(=O)NC2(CCN(S(=O)(=O)c3ccc4cccc5c4c3CC5)CC2)C1=O. The van der Waals surface area contributed by atoms with Crippen LogP contribution in [0, 0.1) is 0 Å². The quantitative estimate of drug-likeness (QED) is 0.760. The molecule has 0 aromatic heterocycles. The maximum atomic E-state index is 13.5. The van der Waals surface area contributed by atoms with Crippen molar-refractivity contribution >= 4 is 32.7 Å². The van der Waals surface area contributed by atoms with E-state index in [0.29, 0.717) is 30.7 Å². The minimum absolute atomic E-state index is 0.216. The molecule has 2 aromatic carbocycles.